The van der Waals surface area contributed by atoms with Crippen LogP contribution in [0.3, 0.4) is 0 Å². The highest BCUT2D eigenvalue weighted by Gasteiger charge is 2.95. The molecule has 0 aliphatic heterocycles. The number of rotatable bonds is 11. The first-order valence-corrected chi connectivity index (χ1v) is 16.4. The highest BCUT2D eigenvalue weighted by atomic mass is 32.2. The van der Waals surface area contributed by atoms with Crippen LogP contribution in [0.5, 0.6) is 0 Å². The van der Waals surface area contributed by atoms with Crippen molar-refractivity contribution >= 4 is 26.8 Å². The van der Waals surface area contributed by atoms with E-state index in [0.29, 0.717) is 22.6 Å². The van der Waals surface area contributed by atoms with Crippen LogP contribution < -0.4 is 0 Å². The van der Waals surface area contributed by atoms with E-state index in [1.807, 2.05) is 0 Å². The largest absolute Gasteiger partial charge is 0.743 e. The minimum absolute atomic E-state index is 0.362. The topological polar surface area (TPSA) is 74.3 Å². The molecule has 0 spiro atoms. The summed E-state index contributed by atoms with van der Waals surface area (Å²) in [7, 11) is -7.78. The van der Waals surface area contributed by atoms with Crippen molar-refractivity contribution in [1.82, 2.24) is 0 Å². The maximum Gasteiger partial charge on any atom is 0.460 e. The smallest absolute Gasteiger partial charge is 0.460 e. The summed E-state index contributed by atoms with van der Waals surface area (Å²) in [5, 5.41) is -7.08. The summed E-state index contributed by atoms with van der Waals surface area (Å²) < 4.78 is 244. The zero-order valence-corrected chi connectivity index (χ0v) is 24.9. The van der Waals surface area contributed by atoms with Gasteiger partial charge in [0.1, 0.15) is 5.25 Å². The van der Waals surface area contributed by atoms with Gasteiger partial charge in [-0.2, -0.15) is 74.6 Å². The lowest BCUT2D eigenvalue weighted by Gasteiger charge is -2.42. The molecule has 46 heavy (non-hydrogen) atoms. The number of halogens is 17. The van der Waals surface area contributed by atoms with Crippen molar-refractivity contribution in [1.29, 1.82) is 0 Å². The van der Waals surface area contributed by atoms with E-state index in [0.717, 1.165) is 11.0 Å². The van der Waals surface area contributed by atoms with Crippen LogP contribution in [0.2, 0.25) is 0 Å². The molecule has 4 nitrogen and oxygen atoms in total. The number of Topliss-reactive ketones (excluding diaryl/α,β-unsaturated/α-hetero) is 1. The maximum atomic E-state index is 13.0. The zero-order chi connectivity index (χ0) is 36.6. The SMILES string of the molecule is C[S+](CC(=O)C1CCCCC1)C1CCCCC1.O=S(=O)([O-])C(F)(F)C(F)(F)C(F)(F)C(F)(F)C(F)(F)C(F)(F)C(F)(F)C(F)(F)F. The Morgan fingerprint density at radius 2 is 0.913 bits per heavy atom. The van der Waals surface area contributed by atoms with Crippen LogP contribution in [0.4, 0.5) is 74.6 Å². The molecule has 0 aromatic heterocycles. The highest BCUT2D eigenvalue weighted by molar-refractivity contribution is 7.97. The summed E-state index contributed by atoms with van der Waals surface area (Å²) in [5.74, 6) is -50.2. The monoisotopic (exact) mass is 754 g/mol. The summed E-state index contributed by atoms with van der Waals surface area (Å²) in [6.07, 6.45) is 7.74. The van der Waals surface area contributed by atoms with Crippen molar-refractivity contribution in [2.24, 2.45) is 5.92 Å². The first kappa shape index (κ1) is 42.8. The minimum Gasteiger partial charge on any atom is -0.743 e. The molecule has 0 aromatic rings. The van der Waals surface area contributed by atoms with Gasteiger partial charge in [-0.3, -0.25) is 4.79 Å². The van der Waals surface area contributed by atoms with Gasteiger partial charge in [0, 0.05) is 5.92 Å². The van der Waals surface area contributed by atoms with Gasteiger partial charge in [0.25, 0.3) is 0 Å². The molecule has 2 aliphatic carbocycles. The predicted molar refractivity (Wildman–Crippen MR) is 127 cm³/mol. The number of hydrogen-bond donors (Lipinski definition) is 0. The number of carbonyl (C=O) groups is 1. The van der Waals surface area contributed by atoms with E-state index in [4.69, 9.17) is 0 Å². The molecule has 2 aliphatic rings. The van der Waals surface area contributed by atoms with Crippen LogP contribution in [0.1, 0.15) is 64.2 Å². The average Bonchev–Trinajstić information content (AvgIpc) is 2.92. The second-order valence-electron chi connectivity index (χ2n) is 10.8. The quantitative estimate of drug-likeness (QED) is 0.121. The van der Waals surface area contributed by atoms with Gasteiger partial charge >= 0.3 is 47.0 Å². The van der Waals surface area contributed by atoms with Crippen molar-refractivity contribution in [3.05, 3.63) is 0 Å². The second kappa shape index (κ2) is 13.9. The van der Waals surface area contributed by atoms with Gasteiger partial charge in [-0.1, -0.05) is 25.7 Å². The fourth-order valence-corrected chi connectivity index (χ4v) is 7.16. The molecule has 23 heteroatoms. The van der Waals surface area contributed by atoms with Gasteiger partial charge in [-0.25, -0.2) is 8.42 Å². The van der Waals surface area contributed by atoms with Crippen molar-refractivity contribution in [2.75, 3.05) is 12.0 Å². The Hall–Kier alpha value is -1.26. The molecule has 0 saturated heterocycles. The third kappa shape index (κ3) is 7.64. The van der Waals surface area contributed by atoms with E-state index >= 15 is 0 Å². The number of hydrogen-bond acceptors (Lipinski definition) is 4. The summed E-state index contributed by atoms with van der Waals surface area (Å²) in [6.45, 7) is 0. The standard InChI is InChI=1S/C15H27OS.C8HF17O3S/c1-17(14-10-6-3-7-11-14)12-15(16)13-8-4-2-5-9-13;9-1(10,3(13,14)5(17,18)7(21,22)23)2(11,12)4(15,16)6(19,20)8(24,25)29(26,27)28/h13-14H,2-12H2,1H3;(H,26,27,28)/q+1;/p-1. The fraction of sp³-hybridized carbons (Fsp3) is 0.957. The van der Waals surface area contributed by atoms with Gasteiger partial charge in [0.2, 0.25) is 0 Å². The summed E-state index contributed by atoms with van der Waals surface area (Å²) in [6, 6.07) is 0. The molecule has 0 heterocycles. The molecular weight excluding hydrogens is 727 g/mol. The van der Waals surface area contributed by atoms with Crippen molar-refractivity contribution in [3.63, 3.8) is 0 Å². The highest BCUT2D eigenvalue weighted by Crippen LogP contribution is 2.64. The molecule has 0 N–H and O–H groups in total. The molecule has 0 amide bonds. The van der Waals surface area contributed by atoms with Gasteiger partial charge in [-0.05, 0) is 49.4 Å². The molecule has 0 aromatic carbocycles. The van der Waals surface area contributed by atoms with E-state index in [9.17, 15) is 92.4 Å². The van der Waals surface area contributed by atoms with Gasteiger partial charge < -0.3 is 4.55 Å². The Bertz CT molecular complexity index is 1140. The predicted octanol–water partition coefficient (Wildman–Crippen LogP) is 8.22. The Labute approximate surface area is 253 Å². The Kier molecular flexibility index (Phi) is 12.9. The molecule has 0 bridgehead atoms. The first-order chi connectivity index (χ1) is 20.3. The molecular formula is C23H27F17O4S2. The summed E-state index contributed by atoms with van der Waals surface area (Å²) >= 11 is 0. The van der Waals surface area contributed by atoms with Crippen LogP contribution in [0.25, 0.3) is 0 Å². The lowest BCUT2D eigenvalue weighted by atomic mass is 9.87. The fourth-order valence-electron chi connectivity index (χ4n) is 4.66. The normalized spacial score (nSPS) is 20.2. The molecule has 2 rings (SSSR count). The van der Waals surface area contributed by atoms with Crippen molar-refractivity contribution in [2.45, 2.75) is 116 Å². The number of carbonyl (C=O) groups excluding carboxylic acids is 1. The van der Waals surface area contributed by atoms with E-state index in [2.05, 4.69) is 6.26 Å². The lowest BCUT2D eigenvalue weighted by molar-refractivity contribution is -0.458. The number of ketones is 1. The summed E-state index contributed by atoms with van der Waals surface area (Å²) in [5.41, 5.74) is 0. The molecule has 0 radical (unpaired) electrons. The molecule has 2 saturated carbocycles. The van der Waals surface area contributed by atoms with E-state index in [1.165, 1.54) is 64.2 Å². The van der Waals surface area contributed by atoms with Gasteiger partial charge in [0.15, 0.2) is 21.7 Å². The van der Waals surface area contributed by atoms with E-state index < -0.39 is 57.1 Å². The van der Waals surface area contributed by atoms with Crippen LogP contribution >= 0.6 is 0 Å². The zero-order valence-electron chi connectivity index (χ0n) is 23.3. The third-order valence-corrected chi connectivity index (χ3v) is 10.8. The van der Waals surface area contributed by atoms with Crippen LogP contribution in [-0.4, -0.2) is 83.0 Å². The Morgan fingerprint density at radius 3 is 1.26 bits per heavy atom. The van der Waals surface area contributed by atoms with Crippen molar-refractivity contribution in [3.8, 4) is 0 Å². The summed E-state index contributed by atoms with van der Waals surface area (Å²) in [4.78, 5) is 12.3. The van der Waals surface area contributed by atoms with E-state index in [-0.39, 0.29) is 0 Å². The Morgan fingerprint density at radius 1 is 0.587 bits per heavy atom. The van der Waals surface area contributed by atoms with Crippen LogP contribution in [0, 0.1) is 5.92 Å². The minimum atomic E-state index is -8.92. The third-order valence-electron chi connectivity index (χ3n) is 7.56. The van der Waals surface area contributed by atoms with Crippen LogP contribution in [-0.2, 0) is 25.8 Å². The lowest BCUT2D eigenvalue weighted by Crippen LogP contribution is -2.75. The molecule has 2 fully saturated rings. The second-order valence-corrected chi connectivity index (χ2v) is 14.6. The van der Waals surface area contributed by atoms with Crippen LogP contribution in [0.15, 0.2) is 0 Å². The van der Waals surface area contributed by atoms with Gasteiger partial charge in [0.05, 0.1) is 6.26 Å². The first-order valence-electron chi connectivity index (χ1n) is 13.1. The maximum absolute atomic E-state index is 13.0. The average molecular weight is 755 g/mol. The molecule has 274 valence electrons. The molecule has 1 atom stereocenters. The van der Waals surface area contributed by atoms with Crippen molar-refractivity contribution < 1.29 is 92.4 Å². The molecule has 1 unspecified atom stereocenters. The van der Waals surface area contributed by atoms with E-state index in [1.54, 1.807) is 0 Å². The van der Waals surface area contributed by atoms with Gasteiger partial charge in [-0.15, -0.1) is 0 Å². The number of alkyl halides is 17. The Balaban J connectivity index is 0.000000522.